The lowest BCUT2D eigenvalue weighted by atomic mass is 10.2. The summed E-state index contributed by atoms with van der Waals surface area (Å²) in [5, 5.41) is 22.7. The van der Waals surface area contributed by atoms with E-state index >= 15 is 0 Å². The summed E-state index contributed by atoms with van der Waals surface area (Å²) in [5.74, 6) is -1.49. The normalized spacial score (nSPS) is 12.0. The molecule has 8 nitrogen and oxygen atoms in total. The van der Waals surface area contributed by atoms with Crippen molar-refractivity contribution in [3.05, 3.63) is 54.6 Å². The molecule has 0 fully saturated rings. The number of anilines is 1. The number of rotatable bonds is 9. The number of hydrogen-bond donors (Lipinski definition) is 4. The fraction of sp³-hybridized carbons (Fsp3) is 0.222. The molecule has 1 amide bonds. The van der Waals surface area contributed by atoms with Gasteiger partial charge in [-0.15, -0.1) is 0 Å². The van der Waals surface area contributed by atoms with E-state index in [2.05, 4.69) is 20.9 Å². The Morgan fingerprint density at radius 1 is 1.00 bits per heavy atom. The van der Waals surface area contributed by atoms with Crippen molar-refractivity contribution >= 4 is 28.9 Å². The van der Waals surface area contributed by atoms with Crippen molar-refractivity contribution in [2.24, 2.45) is 16.0 Å². The van der Waals surface area contributed by atoms with Crippen molar-refractivity contribution < 1.29 is 14.7 Å². The second-order valence-electron chi connectivity index (χ2n) is 5.47. The van der Waals surface area contributed by atoms with Gasteiger partial charge in [0.2, 0.25) is 5.91 Å². The summed E-state index contributed by atoms with van der Waals surface area (Å²) in [7, 11) is 0. The Hall–Kier alpha value is -3.10. The summed E-state index contributed by atoms with van der Waals surface area (Å²) in [4.78, 5) is 23.1. The number of nitrogens with one attached hydrogen (secondary N) is 2. The van der Waals surface area contributed by atoms with Crippen LogP contribution in [0.4, 0.5) is 17.1 Å². The van der Waals surface area contributed by atoms with Crippen LogP contribution in [0.25, 0.3) is 0 Å². The van der Waals surface area contributed by atoms with Gasteiger partial charge in [0, 0.05) is 18.8 Å². The smallest absolute Gasteiger partial charge is 0.321 e. The van der Waals surface area contributed by atoms with E-state index in [4.69, 9.17) is 10.8 Å². The van der Waals surface area contributed by atoms with E-state index in [-0.39, 0.29) is 6.42 Å². The van der Waals surface area contributed by atoms with Gasteiger partial charge in [0.05, 0.1) is 17.8 Å². The van der Waals surface area contributed by atoms with Crippen LogP contribution >= 0.6 is 0 Å². The molecule has 0 unspecified atom stereocenters. The van der Waals surface area contributed by atoms with Crippen molar-refractivity contribution in [3.63, 3.8) is 0 Å². The Morgan fingerprint density at radius 2 is 1.62 bits per heavy atom. The van der Waals surface area contributed by atoms with Crippen molar-refractivity contribution in [2.75, 3.05) is 18.4 Å². The summed E-state index contributed by atoms with van der Waals surface area (Å²) in [6.07, 6.45) is -0.190. The van der Waals surface area contributed by atoms with E-state index in [1.165, 1.54) is 0 Å². The fourth-order valence-electron chi connectivity index (χ4n) is 2.12. The minimum absolute atomic E-state index is 0.190. The van der Waals surface area contributed by atoms with Crippen LogP contribution in [0.15, 0.2) is 64.8 Å². The quantitative estimate of drug-likeness (QED) is 0.513. The number of hydrogen-bond acceptors (Lipinski definition) is 6. The van der Waals surface area contributed by atoms with Crippen LogP contribution < -0.4 is 16.4 Å². The molecule has 8 heteroatoms. The number of carbonyl (C=O) groups excluding carboxylic acids is 1. The molecule has 2 aromatic rings. The molecular formula is C18H21N5O3. The molecule has 0 heterocycles. The number of azo groups is 1. The molecule has 0 aliphatic heterocycles. The topological polar surface area (TPSA) is 129 Å². The predicted molar refractivity (Wildman–Crippen MR) is 98.8 cm³/mol. The van der Waals surface area contributed by atoms with E-state index in [0.717, 1.165) is 5.69 Å². The molecule has 0 bridgehead atoms. The van der Waals surface area contributed by atoms with Crippen molar-refractivity contribution in [3.8, 4) is 0 Å². The summed E-state index contributed by atoms with van der Waals surface area (Å²) < 4.78 is 0. The Balaban J connectivity index is 1.90. The molecule has 0 aliphatic carbocycles. The monoisotopic (exact) mass is 355 g/mol. The number of carboxylic acids is 1. The maximum absolute atomic E-state index is 12.0. The summed E-state index contributed by atoms with van der Waals surface area (Å²) in [5.41, 5.74) is 7.27. The second kappa shape index (κ2) is 10.0. The second-order valence-corrected chi connectivity index (χ2v) is 5.47. The number of carboxylic acid groups (broad SMARTS) is 1. The molecule has 0 aromatic heterocycles. The Morgan fingerprint density at radius 3 is 2.19 bits per heavy atom. The molecule has 0 spiro atoms. The highest BCUT2D eigenvalue weighted by Crippen LogP contribution is 2.20. The minimum atomic E-state index is -1.09. The van der Waals surface area contributed by atoms with Gasteiger partial charge >= 0.3 is 5.97 Å². The van der Waals surface area contributed by atoms with Gasteiger partial charge in [-0.05, 0) is 36.4 Å². The predicted octanol–water partition coefficient (Wildman–Crippen LogP) is 2.43. The van der Waals surface area contributed by atoms with E-state index in [1.54, 1.807) is 24.3 Å². The third kappa shape index (κ3) is 6.42. The molecule has 0 saturated heterocycles. The molecule has 0 aliphatic rings. The minimum Gasteiger partial charge on any atom is -0.480 e. The first-order valence-corrected chi connectivity index (χ1v) is 8.11. The Labute approximate surface area is 151 Å². The SMILES string of the molecule is NCCN[C@H](CC(=O)Nc1ccc(N=Nc2ccccc2)cc1)C(=O)O. The van der Waals surface area contributed by atoms with Gasteiger partial charge in [-0.3, -0.25) is 9.59 Å². The molecule has 26 heavy (non-hydrogen) atoms. The lowest BCUT2D eigenvalue weighted by Gasteiger charge is -2.13. The van der Waals surface area contributed by atoms with Gasteiger partial charge in [-0.2, -0.15) is 10.2 Å². The maximum Gasteiger partial charge on any atom is 0.321 e. The van der Waals surface area contributed by atoms with Crippen LogP contribution in [0, 0.1) is 0 Å². The highest BCUT2D eigenvalue weighted by atomic mass is 16.4. The molecular weight excluding hydrogens is 334 g/mol. The van der Waals surface area contributed by atoms with E-state index in [0.29, 0.717) is 24.5 Å². The number of nitrogens with two attached hydrogens (primary N) is 1. The standard InChI is InChI=1S/C18H21N5O3/c19-10-11-20-16(18(25)26)12-17(24)21-13-6-8-15(9-7-13)23-22-14-4-2-1-3-5-14/h1-9,16,20H,10-12,19H2,(H,21,24)(H,25,26)/t16-/m1/s1. The number of amides is 1. The molecule has 2 aromatic carbocycles. The summed E-state index contributed by atoms with van der Waals surface area (Å²) in [6, 6.07) is 15.1. The fourth-order valence-corrected chi connectivity index (χ4v) is 2.12. The molecule has 2 rings (SSSR count). The van der Waals surface area contributed by atoms with Crippen molar-refractivity contribution in [1.82, 2.24) is 5.32 Å². The maximum atomic E-state index is 12.0. The average molecular weight is 355 g/mol. The van der Waals surface area contributed by atoms with Gasteiger partial charge in [-0.1, -0.05) is 18.2 Å². The lowest BCUT2D eigenvalue weighted by molar-refractivity contribution is -0.141. The zero-order chi connectivity index (χ0) is 18.8. The lowest BCUT2D eigenvalue weighted by Crippen LogP contribution is -2.41. The third-order valence-corrected chi connectivity index (χ3v) is 3.41. The zero-order valence-corrected chi connectivity index (χ0v) is 14.1. The van der Waals surface area contributed by atoms with Gasteiger partial charge < -0.3 is 21.5 Å². The van der Waals surface area contributed by atoms with E-state index < -0.39 is 17.9 Å². The first-order valence-electron chi connectivity index (χ1n) is 8.11. The molecule has 0 saturated carbocycles. The van der Waals surface area contributed by atoms with Gasteiger partial charge in [-0.25, -0.2) is 0 Å². The first kappa shape index (κ1) is 19.2. The van der Waals surface area contributed by atoms with Gasteiger partial charge in [0.1, 0.15) is 6.04 Å². The van der Waals surface area contributed by atoms with Crippen LogP contribution in [0.5, 0.6) is 0 Å². The van der Waals surface area contributed by atoms with Crippen LogP contribution in [0.1, 0.15) is 6.42 Å². The number of carbonyl (C=O) groups is 2. The average Bonchev–Trinajstić information content (AvgIpc) is 2.65. The van der Waals surface area contributed by atoms with Gasteiger partial charge in [0.15, 0.2) is 0 Å². The van der Waals surface area contributed by atoms with Gasteiger partial charge in [0.25, 0.3) is 0 Å². The number of aliphatic carboxylic acids is 1. The van der Waals surface area contributed by atoms with Crippen LogP contribution in [-0.2, 0) is 9.59 Å². The molecule has 5 N–H and O–H groups in total. The number of benzene rings is 2. The third-order valence-electron chi connectivity index (χ3n) is 3.41. The highest BCUT2D eigenvalue weighted by Gasteiger charge is 2.20. The largest absolute Gasteiger partial charge is 0.480 e. The zero-order valence-electron chi connectivity index (χ0n) is 14.1. The van der Waals surface area contributed by atoms with Crippen molar-refractivity contribution in [2.45, 2.75) is 12.5 Å². The van der Waals surface area contributed by atoms with E-state index in [9.17, 15) is 9.59 Å². The highest BCUT2D eigenvalue weighted by molar-refractivity contribution is 5.94. The van der Waals surface area contributed by atoms with Crippen LogP contribution in [0.2, 0.25) is 0 Å². The van der Waals surface area contributed by atoms with Crippen molar-refractivity contribution in [1.29, 1.82) is 0 Å². The Bertz CT molecular complexity index is 747. The molecule has 1 atom stereocenters. The number of nitrogens with zero attached hydrogens (tertiary/aromatic N) is 2. The van der Waals surface area contributed by atoms with Crippen LogP contribution in [-0.4, -0.2) is 36.1 Å². The first-order chi connectivity index (χ1) is 12.6. The van der Waals surface area contributed by atoms with Crippen LogP contribution in [0.3, 0.4) is 0 Å². The summed E-state index contributed by atoms with van der Waals surface area (Å²) >= 11 is 0. The van der Waals surface area contributed by atoms with E-state index in [1.807, 2.05) is 30.3 Å². The molecule has 0 radical (unpaired) electrons. The summed E-state index contributed by atoms with van der Waals surface area (Å²) in [6.45, 7) is 0.621. The molecule has 136 valence electrons. The Kier molecular flexibility index (Phi) is 7.41.